The molecule has 0 aromatic carbocycles. The molecule has 3 nitrogen and oxygen atoms in total. The van der Waals surface area contributed by atoms with Crippen molar-refractivity contribution in [2.75, 3.05) is 25.1 Å². The average molecular weight is 202 g/mol. The van der Waals surface area contributed by atoms with E-state index >= 15 is 0 Å². The molecule has 1 fully saturated rings. The number of rotatable bonds is 4. The van der Waals surface area contributed by atoms with Gasteiger partial charge in [-0.25, -0.2) is 0 Å². The lowest BCUT2D eigenvalue weighted by Gasteiger charge is -2.23. The minimum atomic E-state index is 0.197. The highest BCUT2D eigenvalue weighted by molar-refractivity contribution is 7.98. The predicted molar refractivity (Wildman–Crippen MR) is 57.0 cm³/mol. The molecule has 1 amide bonds. The second-order valence-electron chi connectivity index (χ2n) is 3.35. The Morgan fingerprint density at radius 1 is 1.69 bits per heavy atom. The van der Waals surface area contributed by atoms with Gasteiger partial charge in [-0.05, 0) is 25.6 Å². The number of amides is 1. The maximum Gasteiger partial charge on any atom is 0.221 e. The number of nitrogens with one attached hydrogen (secondary N) is 2. The highest BCUT2D eigenvalue weighted by Gasteiger charge is 2.14. The molecule has 76 valence electrons. The van der Waals surface area contributed by atoms with Gasteiger partial charge in [0.2, 0.25) is 5.91 Å². The molecule has 13 heavy (non-hydrogen) atoms. The Morgan fingerprint density at radius 2 is 2.54 bits per heavy atom. The van der Waals surface area contributed by atoms with Gasteiger partial charge in [0, 0.05) is 24.8 Å². The number of hydrogen-bond donors (Lipinski definition) is 2. The Hall–Kier alpha value is -0.220. The fraction of sp³-hybridized carbons (Fsp3) is 0.889. The summed E-state index contributed by atoms with van der Waals surface area (Å²) in [5.41, 5.74) is 0. The summed E-state index contributed by atoms with van der Waals surface area (Å²) in [5.74, 6) is 1.12. The van der Waals surface area contributed by atoms with Crippen molar-refractivity contribution in [3.63, 3.8) is 0 Å². The lowest BCUT2D eigenvalue weighted by molar-refractivity contribution is -0.121. The summed E-state index contributed by atoms with van der Waals surface area (Å²) in [4.78, 5) is 11.3. The van der Waals surface area contributed by atoms with Crippen LogP contribution in [0, 0.1) is 0 Å². The minimum Gasteiger partial charge on any atom is -0.352 e. The quantitative estimate of drug-likeness (QED) is 0.702. The van der Waals surface area contributed by atoms with Gasteiger partial charge < -0.3 is 10.6 Å². The molecule has 1 atom stereocenters. The first kappa shape index (κ1) is 10.9. The zero-order valence-corrected chi connectivity index (χ0v) is 8.95. The molecule has 0 aliphatic carbocycles. The predicted octanol–water partition coefficient (Wildman–Crippen LogP) is 0.608. The third-order valence-electron chi connectivity index (χ3n) is 2.20. The van der Waals surface area contributed by atoms with Gasteiger partial charge in [0.15, 0.2) is 0 Å². The molecule has 4 heteroatoms. The molecule has 0 bridgehead atoms. The van der Waals surface area contributed by atoms with Crippen molar-refractivity contribution in [1.82, 2.24) is 10.6 Å². The van der Waals surface area contributed by atoms with Crippen molar-refractivity contribution < 1.29 is 4.79 Å². The van der Waals surface area contributed by atoms with Gasteiger partial charge in [-0.15, -0.1) is 0 Å². The Labute approximate surface area is 84.0 Å². The normalized spacial score (nSPS) is 22.7. The van der Waals surface area contributed by atoms with E-state index in [0.717, 1.165) is 25.3 Å². The molecule has 0 aromatic rings. The van der Waals surface area contributed by atoms with Crippen molar-refractivity contribution in [3.05, 3.63) is 0 Å². The van der Waals surface area contributed by atoms with Crippen LogP contribution in [0.3, 0.4) is 0 Å². The van der Waals surface area contributed by atoms with Crippen LogP contribution in [0.4, 0.5) is 0 Å². The van der Waals surface area contributed by atoms with E-state index in [4.69, 9.17) is 0 Å². The van der Waals surface area contributed by atoms with Gasteiger partial charge in [-0.2, -0.15) is 11.8 Å². The SMILES string of the molecule is CSCCC(=O)N[C@H]1CCCNC1. The average Bonchev–Trinajstić information content (AvgIpc) is 2.16. The lowest BCUT2D eigenvalue weighted by atomic mass is 10.1. The number of carbonyl (C=O) groups is 1. The number of carbonyl (C=O) groups excluding carboxylic acids is 1. The zero-order chi connectivity index (χ0) is 9.52. The van der Waals surface area contributed by atoms with Crippen LogP contribution in [0.2, 0.25) is 0 Å². The van der Waals surface area contributed by atoms with E-state index in [1.54, 1.807) is 11.8 Å². The molecule has 1 rings (SSSR count). The largest absolute Gasteiger partial charge is 0.352 e. The number of piperidine rings is 1. The standard InChI is InChI=1S/C9H18N2OS/c1-13-6-4-9(12)11-8-3-2-5-10-7-8/h8,10H,2-7H2,1H3,(H,11,12)/t8-/m0/s1. The van der Waals surface area contributed by atoms with Gasteiger partial charge in [0.05, 0.1) is 0 Å². The molecular formula is C9H18N2OS. The smallest absolute Gasteiger partial charge is 0.221 e. The van der Waals surface area contributed by atoms with Crippen LogP contribution >= 0.6 is 11.8 Å². The Bertz CT molecular complexity index is 158. The van der Waals surface area contributed by atoms with Gasteiger partial charge in [-0.1, -0.05) is 0 Å². The zero-order valence-electron chi connectivity index (χ0n) is 8.14. The van der Waals surface area contributed by atoms with Crippen LogP contribution in [-0.2, 0) is 4.79 Å². The molecule has 1 aliphatic heterocycles. The van der Waals surface area contributed by atoms with Crippen LogP contribution in [0.5, 0.6) is 0 Å². The Kier molecular flexibility index (Phi) is 5.23. The van der Waals surface area contributed by atoms with Crippen LogP contribution in [0.1, 0.15) is 19.3 Å². The van der Waals surface area contributed by atoms with Crippen molar-refractivity contribution >= 4 is 17.7 Å². The van der Waals surface area contributed by atoms with E-state index in [2.05, 4.69) is 10.6 Å². The fourth-order valence-corrected chi connectivity index (χ4v) is 1.86. The van der Waals surface area contributed by atoms with Gasteiger partial charge >= 0.3 is 0 Å². The summed E-state index contributed by atoms with van der Waals surface area (Å²) in [7, 11) is 0. The molecule has 1 aliphatic rings. The lowest BCUT2D eigenvalue weighted by Crippen LogP contribution is -2.45. The minimum absolute atomic E-state index is 0.197. The van der Waals surface area contributed by atoms with Crippen molar-refractivity contribution in [2.45, 2.75) is 25.3 Å². The second-order valence-corrected chi connectivity index (χ2v) is 4.34. The molecule has 0 saturated carbocycles. The van der Waals surface area contributed by atoms with E-state index in [0.29, 0.717) is 12.5 Å². The second kappa shape index (κ2) is 6.27. The topological polar surface area (TPSA) is 41.1 Å². The van der Waals surface area contributed by atoms with Gasteiger partial charge in [-0.3, -0.25) is 4.79 Å². The van der Waals surface area contributed by atoms with Gasteiger partial charge in [0.1, 0.15) is 0 Å². The molecule has 1 saturated heterocycles. The highest BCUT2D eigenvalue weighted by Crippen LogP contribution is 2.02. The highest BCUT2D eigenvalue weighted by atomic mass is 32.2. The van der Waals surface area contributed by atoms with Crippen molar-refractivity contribution in [3.8, 4) is 0 Å². The maximum atomic E-state index is 11.3. The first-order valence-corrected chi connectivity index (χ1v) is 6.21. The summed E-state index contributed by atoms with van der Waals surface area (Å²) in [6.07, 6.45) is 4.97. The molecule has 2 N–H and O–H groups in total. The monoisotopic (exact) mass is 202 g/mol. The van der Waals surface area contributed by atoms with Crippen LogP contribution < -0.4 is 10.6 Å². The summed E-state index contributed by atoms with van der Waals surface area (Å²) in [6, 6.07) is 0.364. The maximum absolute atomic E-state index is 11.3. The molecule has 0 unspecified atom stereocenters. The van der Waals surface area contributed by atoms with Crippen LogP contribution in [0.25, 0.3) is 0 Å². The van der Waals surface area contributed by atoms with Crippen LogP contribution in [-0.4, -0.2) is 37.0 Å². The Morgan fingerprint density at radius 3 is 3.15 bits per heavy atom. The summed E-state index contributed by atoms with van der Waals surface area (Å²) >= 11 is 1.72. The van der Waals surface area contributed by atoms with E-state index in [9.17, 15) is 4.79 Å². The molecule has 1 heterocycles. The van der Waals surface area contributed by atoms with Crippen molar-refractivity contribution in [1.29, 1.82) is 0 Å². The van der Waals surface area contributed by atoms with E-state index in [-0.39, 0.29) is 5.91 Å². The molecule has 0 radical (unpaired) electrons. The first-order valence-electron chi connectivity index (χ1n) is 4.82. The fourth-order valence-electron chi connectivity index (χ4n) is 1.47. The van der Waals surface area contributed by atoms with E-state index in [1.165, 1.54) is 6.42 Å². The first-order chi connectivity index (χ1) is 6.33. The van der Waals surface area contributed by atoms with E-state index < -0.39 is 0 Å². The van der Waals surface area contributed by atoms with Crippen molar-refractivity contribution in [2.24, 2.45) is 0 Å². The number of hydrogen-bond acceptors (Lipinski definition) is 3. The summed E-state index contributed by atoms with van der Waals surface area (Å²) in [6.45, 7) is 2.03. The molecule has 0 spiro atoms. The van der Waals surface area contributed by atoms with E-state index in [1.807, 2.05) is 6.26 Å². The Balaban J connectivity index is 2.11. The van der Waals surface area contributed by atoms with Crippen LogP contribution in [0.15, 0.2) is 0 Å². The third kappa shape index (κ3) is 4.52. The summed E-state index contributed by atoms with van der Waals surface area (Å²) in [5, 5.41) is 6.32. The number of thioether (sulfide) groups is 1. The summed E-state index contributed by atoms with van der Waals surface area (Å²) < 4.78 is 0. The third-order valence-corrected chi connectivity index (χ3v) is 2.81. The van der Waals surface area contributed by atoms with Gasteiger partial charge in [0.25, 0.3) is 0 Å². The molecule has 0 aromatic heterocycles. The molecular weight excluding hydrogens is 184 g/mol.